The second-order valence-electron chi connectivity index (χ2n) is 7.36. The zero-order chi connectivity index (χ0) is 22.2. The van der Waals surface area contributed by atoms with Crippen LogP contribution in [0.15, 0.2) is 83.0 Å². The highest BCUT2D eigenvalue weighted by atomic mass is 32.1. The van der Waals surface area contributed by atoms with Crippen molar-refractivity contribution < 1.29 is 14.9 Å². The second kappa shape index (κ2) is 7.90. The lowest BCUT2D eigenvalue weighted by Crippen LogP contribution is -2.08. The Morgan fingerprint density at radius 3 is 2.28 bits per heavy atom. The highest BCUT2D eigenvalue weighted by Crippen LogP contribution is 2.43. The van der Waals surface area contributed by atoms with E-state index in [1.165, 1.54) is 11.3 Å². The van der Waals surface area contributed by atoms with Gasteiger partial charge in [0.05, 0.1) is 18.1 Å². The molecule has 2 heterocycles. The number of hydrogen-bond donors (Lipinski definition) is 3. The number of rotatable bonds is 4. The molecule has 0 spiro atoms. The Kier molecular flexibility index (Phi) is 4.92. The van der Waals surface area contributed by atoms with Crippen LogP contribution >= 0.6 is 11.3 Å². The molecule has 6 heteroatoms. The van der Waals surface area contributed by atoms with Crippen molar-refractivity contribution in [3.05, 3.63) is 88.5 Å². The molecule has 0 amide bonds. The van der Waals surface area contributed by atoms with Crippen molar-refractivity contribution in [2.75, 3.05) is 7.11 Å². The van der Waals surface area contributed by atoms with Gasteiger partial charge in [-0.3, -0.25) is 4.79 Å². The number of phenolic OH excluding ortho intramolecular Hbond substituents is 1. The lowest BCUT2D eigenvalue weighted by atomic mass is 9.97. The van der Waals surface area contributed by atoms with Crippen molar-refractivity contribution in [2.24, 2.45) is 0 Å². The SMILES string of the molecule is COc1cc(-c2csc3[nH]c(=O)c(-c4ccccc4)c(O)c23)ccc1-c1ccc(O)cc1. The van der Waals surface area contributed by atoms with Crippen molar-refractivity contribution in [1.29, 1.82) is 0 Å². The summed E-state index contributed by atoms with van der Waals surface area (Å²) in [5.74, 6) is 0.834. The Morgan fingerprint density at radius 1 is 0.844 bits per heavy atom. The Labute approximate surface area is 187 Å². The van der Waals surface area contributed by atoms with E-state index < -0.39 is 0 Å². The quantitative estimate of drug-likeness (QED) is 0.319. The third-order valence-corrected chi connectivity index (χ3v) is 6.37. The van der Waals surface area contributed by atoms with Gasteiger partial charge in [0.2, 0.25) is 0 Å². The number of aromatic nitrogens is 1. The Bertz CT molecular complexity index is 1480. The lowest BCUT2D eigenvalue weighted by Gasteiger charge is -2.12. The van der Waals surface area contributed by atoms with E-state index in [9.17, 15) is 15.0 Å². The molecule has 0 saturated carbocycles. The number of fused-ring (bicyclic) bond motifs is 1. The summed E-state index contributed by atoms with van der Waals surface area (Å²) < 4.78 is 5.64. The van der Waals surface area contributed by atoms with Gasteiger partial charge < -0.3 is 19.9 Å². The summed E-state index contributed by atoms with van der Waals surface area (Å²) in [7, 11) is 1.61. The summed E-state index contributed by atoms with van der Waals surface area (Å²) in [5.41, 5.74) is 4.06. The molecule has 0 aliphatic carbocycles. The molecule has 5 nitrogen and oxygen atoms in total. The first-order valence-corrected chi connectivity index (χ1v) is 10.8. The Morgan fingerprint density at radius 2 is 1.56 bits per heavy atom. The lowest BCUT2D eigenvalue weighted by molar-refractivity contribution is 0.416. The minimum Gasteiger partial charge on any atom is -0.508 e. The van der Waals surface area contributed by atoms with Gasteiger partial charge in [-0.05, 0) is 34.9 Å². The molecule has 158 valence electrons. The molecular weight excluding hydrogens is 422 g/mol. The predicted molar refractivity (Wildman–Crippen MR) is 129 cm³/mol. The van der Waals surface area contributed by atoms with Crippen LogP contribution in [0.5, 0.6) is 17.2 Å². The normalized spacial score (nSPS) is 11.0. The molecule has 2 aromatic heterocycles. The average Bonchev–Trinajstić information content (AvgIpc) is 3.24. The zero-order valence-electron chi connectivity index (χ0n) is 17.1. The first-order valence-electron chi connectivity index (χ1n) is 9.96. The van der Waals surface area contributed by atoms with Gasteiger partial charge in [-0.1, -0.05) is 54.6 Å². The molecule has 5 aromatic rings. The van der Waals surface area contributed by atoms with E-state index in [0.29, 0.717) is 21.5 Å². The monoisotopic (exact) mass is 441 g/mol. The van der Waals surface area contributed by atoms with Gasteiger partial charge in [0, 0.05) is 16.5 Å². The van der Waals surface area contributed by atoms with E-state index in [-0.39, 0.29) is 22.6 Å². The number of aromatic hydroxyl groups is 2. The maximum atomic E-state index is 12.7. The molecule has 3 aromatic carbocycles. The van der Waals surface area contributed by atoms with Crippen LogP contribution < -0.4 is 10.3 Å². The molecule has 0 saturated heterocycles. The molecule has 0 aliphatic rings. The fourth-order valence-corrected chi connectivity index (χ4v) is 4.87. The topological polar surface area (TPSA) is 82.6 Å². The van der Waals surface area contributed by atoms with Crippen LogP contribution in [-0.4, -0.2) is 22.3 Å². The average molecular weight is 442 g/mol. The van der Waals surface area contributed by atoms with E-state index in [4.69, 9.17) is 4.74 Å². The number of nitrogens with one attached hydrogen (secondary N) is 1. The van der Waals surface area contributed by atoms with E-state index in [0.717, 1.165) is 22.3 Å². The van der Waals surface area contributed by atoms with Crippen molar-refractivity contribution in [1.82, 2.24) is 4.98 Å². The number of aromatic amines is 1. The standard InChI is InChI=1S/C26H19NO4S/c1-31-21-13-17(9-12-19(21)15-7-10-18(28)11-8-15)20-14-32-26-23(20)24(29)22(25(30)27-26)16-5-3-2-4-6-16/h2-14,28H,1H3,(H2,27,29,30). The molecule has 32 heavy (non-hydrogen) atoms. The number of thiophene rings is 1. The number of methoxy groups -OCH3 is 1. The summed E-state index contributed by atoms with van der Waals surface area (Å²) >= 11 is 1.37. The van der Waals surface area contributed by atoms with Gasteiger partial charge in [0.1, 0.15) is 22.1 Å². The maximum Gasteiger partial charge on any atom is 0.260 e. The van der Waals surface area contributed by atoms with E-state index in [1.54, 1.807) is 31.4 Å². The van der Waals surface area contributed by atoms with Crippen molar-refractivity contribution in [2.45, 2.75) is 0 Å². The molecule has 0 aliphatic heterocycles. The smallest absolute Gasteiger partial charge is 0.260 e. The van der Waals surface area contributed by atoms with E-state index in [2.05, 4.69) is 4.98 Å². The third kappa shape index (κ3) is 3.31. The van der Waals surface area contributed by atoms with Crippen molar-refractivity contribution in [3.63, 3.8) is 0 Å². The summed E-state index contributed by atoms with van der Waals surface area (Å²) in [6, 6.07) is 21.9. The Balaban J connectivity index is 1.68. The van der Waals surface area contributed by atoms with Gasteiger partial charge in [-0.2, -0.15) is 0 Å². The van der Waals surface area contributed by atoms with Crippen molar-refractivity contribution >= 4 is 21.6 Å². The van der Waals surface area contributed by atoms with Crippen LogP contribution in [0.4, 0.5) is 0 Å². The fraction of sp³-hybridized carbons (Fsp3) is 0.0385. The molecule has 3 N–H and O–H groups in total. The second-order valence-corrected chi connectivity index (χ2v) is 8.24. The maximum absolute atomic E-state index is 12.7. The van der Waals surface area contributed by atoms with Gasteiger partial charge in [-0.15, -0.1) is 11.3 Å². The van der Waals surface area contributed by atoms with Gasteiger partial charge >= 0.3 is 0 Å². The predicted octanol–water partition coefficient (Wildman–Crippen LogP) is 6.01. The fourth-order valence-electron chi connectivity index (χ4n) is 3.91. The number of ether oxygens (including phenoxy) is 1. The van der Waals surface area contributed by atoms with Gasteiger partial charge in [0.15, 0.2) is 0 Å². The summed E-state index contributed by atoms with van der Waals surface area (Å²) in [5, 5.41) is 23.2. The minimum absolute atomic E-state index is 0.0345. The molecule has 0 unspecified atom stereocenters. The summed E-state index contributed by atoms with van der Waals surface area (Å²) in [4.78, 5) is 16.2. The van der Waals surface area contributed by atoms with Crippen LogP contribution in [0.2, 0.25) is 0 Å². The highest BCUT2D eigenvalue weighted by molar-refractivity contribution is 7.17. The number of pyridine rings is 1. The first kappa shape index (κ1) is 19.9. The number of phenols is 1. The Hall–Kier alpha value is -4.03. The number of benzene rings is 3. The van der Waals surface area contributed by atoms with Crippen molar-refractivity contribution in [3.8, 4) is 50.6 Å². The van der Waals surface area contributed by atoms with Crippen LogP contribution in [0.25, 0.3) is 43.6 Å². The molecule has 5 rings (SSSR count). The van der Waals surface area contributed by atoms with Crippen LogP contribution in [-0.2, 0) is 0 Å². The molecule has 0 bridgehead atoms. The summed E-state index contributed by atoms with van der Waals surface area (Å²) in [6.45, 7) is 0. The zero-order valence-corrected chi connectivity index (χ0v) is 17.9. The van der Waals surface area contributed by atoms with Gasteiger partial charge in [0.25, 0.3) is 5.56 Å². The van der Waals surface area contributed by atoms with Gasteiger partial charge in [-0.25, -0.2) is 0 Å². The largest absolute Gasteiger partial charge is 0.508 e. The molecule has 0 radical (unpaired) electrons. The molecule has 0 fully saturated rings. The van der Waals surface area contributed by atoms with Crippen LogP contribution in [0.3, 0.4) is 0 Å². The number of hydrogen-bond acceptors (Lipinski definition) is 5. The van der Waals surface area contributed by atoms with Crippen LogP contribution in [0.1, 0.15) is 0 Å². The highest BCUT2D eigenvalue weighted by Gasteiger charge is 2.19. The third-order valence-electron chi connectivity index (χ3n) is 5.47. The first-order chi connectivity index (χ1) is 15.6. The molecular formula is C26H19NO4S. The van der Waals surface area contributed by atoms with Crippen LogP contribution in [0, 0.1) is 0 Å². The minimum atomic E-state index is -0.324. The number of H-pyrrole nitrogens is 1. The van der Waals surface area contributed by atoms with E-state index in [1.807, 2.05) is 53.9 Å². The van der Waals surface area contributed by atoms with E-state index >= 15 is 0 Å². The summed E-state index contributed by atoms with van der Waals surface area (Å²) in [6.07, 6.45) is 0. The molecule has 0 atom stereocenters.